The van der Waals surface area contributed by atoms with Crippen molar-refractivity contribution in [3.63, 3.8) is 0 Å². The number of nitrogens with zero attached hydrogens (tertiary/aromatic N) is 2. The molecule has 2 amide bonds. The third kappa shape index (κ3) is 6.70. The van der Waals surface area contributed by atoms with Crippen LogP contribution in [0.3, 0.4) is 0 Å². The van der Waals surface area contributed by atoms with Gasteiger partial charge in [0.25, 0.3) is 0 Å². The molecule has 0 atom stereocenters. The smallest absolute Gasteiger partial charge is 0.427 e. The third-order valence-electron chi connectivity index (χ3n) is 2.98. The van der Waals surface area contributed by atoms with Crippen LogP contribution >= 0.6 is 11.6 Å². The van der Waals surface area contributed by atoms with Crippen molar-refractivity contribution in [2.75, 3.05) is 22.2 Å². The molecule has 0 radical (unpaired) electrons. The number of hydrogen-bond donors (Lipinski definition) is 2. The standard InChI is InChI=1S/C15H22ClN3O6S/c1-15(2,3)25-14(21)17-19(13(20)9-10-16)12-7-5-11(6-8-12)18(4)26(22,23)24/h5-8H,9-10H2,1-4H3,(H,17,21)(H,22,23,24). The predicted molar refractivity (Wildman–Crippen MR) is 98.6 cm³/mol. The first kappa shape index (κ1) is 22.0. The lowest BCUT2D eigenvalue weighted by Gasteiger charge is -2.26. The number of rotatable bonds is 5. The molecule has 146 valence electrons. The summed E-state index contributed by atoms with van der Waals surface area (Å²) in [7, 11) is -3.24. The number of ether oxygens (including phenoxy) is 1. The molecule has 11 heteroatoms. The summed E-state index contributed by atoms with van der Waals surface area (Å²) < 4.78 is 37.1. The van der Waals surface area contributed by atoms with E-state index in [-0.39, 0.29) is 23.7 Å². The van der Waals surface area contributed by atoms with Gasteiger partial charge < -0.3 is 4.74 Å². The van der Waals surface area contributed by atoms with Crippen LogP contribution in [0.4, 0.5) is 16.2 Å². The Morgan fingerprint density at radius 3 is 2.12 bits per heavy atom. The molecule has 0 aliphatic rings. The normalized spacial score (nSPS) is 11.6. The summed E-state index contributed by atoms with van der Waals surface area (Å²) in [4.78, 5) is 24.2. The first-order valence-corrected chi connectivity index (χ1v) is 9.48. The summed E-state index contributed by atoms with van der Waals surface area (Å²) >= 11 is 5.60. The Hall–Kier alpha value is -2.04. The Labute approximate surface area is 157 Å². The van der Waals surface area contributed by atoms with Gasteiger partial charge in [0.05, 0.1) is 11.4 Å². The number of halogens is 1. The molecule has 0 spiro atoms. The molecule has 0 unspecified atom stereocenters. The average Bonchev–Trinajstić information content (AvgIpc) is 2.49. The second-order valence-corrected chi connectivity index (χ2v) is 8.06. The van der Waals surface area contributed by atoms with E-state index < -0.39 is 27.9 Å². The zero-order chi connectivity index (χ0) is 20.1. The molecule has 2 N–H and O–H groups in total. The molecule has 0 aliphatic carbocycles. The fourth-order valence-electron chi connectivity index (χ4n) is 1.80. The number of hydrogen-bond acceptors (Lipinski definition) is 5. The second kappa shape index (κ2) is 8.56. The third-order valence-corrected chi connectivity index (χ3v) is 4.07. The number of alkyl halides is 1. The molecule has 1 aromatic rings. The lowest BCUT2D eigenvalue weighted by Crippen LogP contribution is -2.48. The number of anilines is 2. The fourth-order valence-corrected chi connectivity index (χ4v) is 2.35. The van der Waals surface area contributed by atoms with Crippen LogP contribution in [-0.4, -0.2) is 43.5 Å². The number of carbonyl (C=O) groups excluding carboxylic acids is 2. The minimum Gasteiger partial charge on any atom is -0.443 e. The van der Waals surface area contributed by atoms with Gasteiger partial charge in [0.2, 0.25) is 5.91 Å². The minimum absolute atomic E-state index is 0.0377. The van der Waals surface area contributed by atoms with Crippen molar-refractivity contribution < 1.29 is 27.3 Å². The number of hydrazine groups is 1. The van der Waals surface area contributed by atoms with E-state index in [0.29, 0.717) is 4.31 Å². The van der Waals surface area contributed by atoms with E-state index in [4.69, 9.17) is 20.9 Å². The Kier molecular flexibility index (Phi) is 7.25. The maximum absolute atomic E-state index is 12.2. The van der Waals surface area contributed by atoms with Gasteiger partial charge in [-0.05, 0) is 45.0 Å². The molecule has 0 saturated carbocycles. The van der Waals surface area contributed by atoms with Gasteiger partial charge in [-0.15, -0.1) is 11.6 Å². The lowest BCUT2D eigenvalue weighted by atomic mass is 10.2. The largest absolute Gasteiger partial charge is 0.443 e. The van der Waals surface area contributed by atoms with Crippen LogP contribution in [0.2, 0.25) is 0 Å². The predicted octanol–water partition coefficient (Wildman–Crippen LogP) is 2.33. The quantitative estimate of drug-likeness (QED) is 0.439. The van der Waals surface area contributed by atoms with Crippen LogP contribution in [0.25, 0.3) is 0 Å². The van der Waals surface area contributed by atoms with E-state index in [9.17, 15) is 18.0 Å². The van der Waals surface area contributed by atoms with Gasteiger partial charge >= 0.3 is 16.4 Å². The van der Waals surface area contributed by atoms with Crippen LogP contribution in [0, 0.1) is 0 Å². The van der Waals surface area contributed by atoms with Crippen LogP contribution in [0.5, 0.6) is 0 Å². The lowest BCUT2D eigenvalue weighted by molar-refractivity contribution is -0.119. The molecule has 26 heavy (non-hydrogen) atoms. The minimum atomic E-state index is -4.41. The molecular weight excluding hydrogens is 386 g/mol. The maximum Gasteiger partial charge on any atom is 0.427 e. The zero-order valence-corrected chi connectivity index (χ0v) is 16.5. The molecule has 1 aromatic carbocycles. The monoisotopic (exact) mass is 407 g/mol. The SMILES string of the molecule is CN(c1ccc(N(NC(=O)OC(C)(C)C)C(=O)CCCl)cc1)S(=O)(=O)O. The van der Waals surface area contributed by atoms with Gasteiger partial charge in [0.15, 0.2) is 0 Å². The molecule has 0 aliphatic heterocycles. The van der Waals surface area contributed by atoms with Gasteiger partial charge in [0.1, 0.15) is 5.60 Å². The summed E-state index contributed by atoms with van der Waals surface area (Å²) in [5.41, 5.74) is 2.01. The molecule has 0 aromatic heterocycles. The van der Waals surface area contributed by atoms with Crippen molar-refractivity contribution in [2.45, 2.75) is 32.8 Å². The molecule has 0 saturated heterocycles. The van der Waals surface area contributed by atoms with Crippen LogP contribution in [0.1, 0.15) is 27.2 Å². The highest BCUT2D eigenvalue weighted by Crippen LogP contribution is 2.21. The average molecular weight is 408 g/mol. The Morgan fingerprint density at radius 1 is 1.19 bits per heavy atom. The fraction of sp³-hybridized carbons (Fsp3) is 0.467. The van der Waals surface area contributed by atoms with E-state index >= 15 is 0 Å². The highest BCUT2D eigenvalue weighted by atomic mass is 35.5. The van der Waals surface area contributed by atoms with E-state index in [1.54, 1.807) is 20.8 Å². The first-order valence-electron chi connectivity index (χ1n) is 7.55. The summed E-state index contributed by atoms with van der Waals surface area (Å²) in [5, 5.41) is 0.966. The first-order chi connectivity index (χ1) is 11.8. The molecule has 1 rings (SSSR count). The summed E-state index contributed by atoms with van der Waals surface area (Å²) in [6, 6.07) is 5.53. The Morgan fingerprint density at radius 2 is 1.69 bits per heavy atom. The van der Waals surface area contributed by atoms with Crippen molar-refractivity contribution in [1.82, 2.24) is 5.43 Å². The zero-order valence-electron chi connectivity index (χ0n) is 14.9. The Bertz CT molecular complexity index is 746. The summed E-state index contributed by atoms with van der Waals surface area (Å²) in [5.74, 6) is -0.434. The van der Waals surface area contributed by atoms with E-state index in [2.05, 4.69) is 5.43 Å². The van der Waals surface area contributed by atoms with Crippen LogP contribution < -0.4 is 14.7 Å². The Balaban J connectivity index is 3.07. The van der Waals surface area contributed by atoms with Gasteiger partial charge in [-0.1, -0.05) is 0 Å². The van der Waals surface area contributed by atoms with Gasteiger partial charge in [-0.3, -0.25) is 13.7 Å². The molecule has 0 heterocycles. The number of carbonyl (C=O) groups is 2. The topological polar surface area (TPSA) is 116 Å². The van der Waals surface area contributed by atoms with Crippen molar-refractivity contribution in [2.24, 2.45) is 0 Å². The summed E-state index contributed by atoms with van der Waals surface area (Å²) in [6.45, 7) is 5.03. The van der Waals surface area contributed by atoms with Crippen LogP contribution in [-0.2, 0) is 19.8 Å². The molecule has 0 fully saturated rings. The highest BCUT2D eigenvalue weighted by molar-refractivity contribution is 7.87. The number of benzene rings is 1. The molecule has 9 nitrogen and oxygen atoms in total. The van der Waals surface area contributed by atoms with Gasteiger partial charge in [-0.25, -0.2) is 15.2 Å². The van der Waals surface area contributed by atoms with E-state index in [0.717, 1.165) is 5.01 Å². The highest BCUT2D eigenvalue weighted by Gasteiger charge is 2.23. The van der Waals surface area contributed by atoms with Crippen molar-refractivity contribution >= 4 is 45.3 Å². The van der Waals surface area contributed by atoms with Gasteiger partial charge in [0, 0.05) is 19.3 Å². The maximum atomic E-state index is 12.2. The van der Waals surface area contributed by atoms with Gasteiger partial charge in [-0.2, -0.15) is 8.42 Å². The molecular formula is C15H22ClN3O6S. The molecule has 0 bridgehead atoms. The van der Waals surface area contributed by atoms with E-state index in [1.807, 2.05) is 0 Å². The van der Waals surface area contributed by atoms with Crippen molar-refractivity contribution in [3.05, 3.63) is 24.3 Å². The van der Waals surface area contributed by atoms with E-state index in [1.165, 1.54) is 31.3 Å². The summed E-state index contributed by atoms with van der Waals surface area (Å²) in [6.07, 6.45) is -0.871. The second-order valence-electron chi connectivity index (χ2n) is 6.24. The van der Waals surface area contributed by atoms with Crippen molar-refractivity contribution in [1.29, 1.82) is 0 Å². The number of amides is 2. The number of nitrogens with one attached hydrogen (secondary N) is 1. The van der Waals surface area contributed by atoms with Crippen LogP contribution in [0.15, 0.2) is 24.3 Å². The van der Waals surface area contributed by atoms with Crippen molar-refractivity contribution in [3.8, 4) is 0 Å².